The van der Waals surface area contributed by atoms with E-state index in [4.69, 9.17) is 5.73 Å². The van der Waals surface area contributed by atoms with Crippen LogP contribution in [-0.4, -0.2) is 24.5 Å². The lowest BCUT2D eigenvalue weighted by Crippen LogP contribution is -2.35. The minimum absolute atomic E-state index is 0.731. The number of rotatable bonds is 3. The molecule has 2 heteroatoms. The Labute approximate surface area is 111 Å². The van der Waals surface area contributed by atoms with Crippen LogP contribution in [0.5, 0.6) is 0 Å². The maximum atomic E-state index is 5.83. The van der Waals surface area contributed by atoms with Gasteiger partial charge in [0, 0.05) is 12.2 Å². The first-order valence-corrected chi connectivity index (χ1v) is 7.14. The van der Waals surface area contributed by atoms with Gasteiger partial charge in [0.15, 0.2) is 0 Å². The predicted octanol–water partition coefficient (Wildman–Crippen LogP) is 3.41. The van der Waals surface area contributed by atoms with Crippen molar-refractivity contribution < 1.29 is 0 Å². The Morgan fingerprint density at radius 3 is 2.50 bits per heavy atom. The molecule has 1 aliphatic heterocycles. The van der Waals surface area contributed by atoms with Gasteiger partial charge in [-0.05, 0) is 68.0 Å². The standard InChI is InChI=1S/C16H26N2/c1-12(2)11-18-8-6-14(7-9-18)16-5-4-15(17)10-13(16)3/h4-5,10,12,14H,6-9,11,17H2,1-3H3. The van der Waals surface area contributed by atoms with E-state index in [1.54, 1.807) is 0 Å². The number of aryl methyl sites for hydroxylation is 1. The molecule has 1 fully saturated rings. The van der Waals surface area contributed by atoms with Crippen molar-refractivity contribution in [1.29, 1.82) is 0 Å². The smallest absolute Gasteiger partial charge is 0.0316 e. The molecule has 0 saturated carbocycles. The van der Waals surface area contributed by atoms with Crippen LogP contribution in [0.2, 0.25) is 0 Å². The van der Waals surface area contributed by atoms with Crippen molar-refractivity contribution in [1.82, 2.24) is 4.90 Å². The van der Waals surface area contributed by atoms with Gasteiger partial charge in [0.1, 0.15) is 0 Å². The van der Waals surface area contributed by atoms with Crippen LogP contribution in [0.4, 0.5) is 5.69 Å². The van der Waals surface area contributed by atoms with Crippen molar-refractivity contribution in [2.24, 2.45) is 5.92 Å². The predicted molar refractivity (Wildman–Crippen MR) is 78.8 cm³/mol. The lowest BCUT2D eigenvalue weighted by Gasteiger charge is -2.33. The minimum Gasteiger partial charge on any atom is -0.399 e. The Morgan fingerprint density at radius 2 is 1.94 bits per heavy atom. The molecule has 0 amide bonds. The fourth-order valence-corrected chi connectivity index (χ4v) is 3.10. The number of hydrogen-bond donors (Lipinski definition) is 1. The molecular formula is C16H26N2. The van der Waals surface area contributed by atoms with E-state index >= 15 is 0 Å². The van der Waals surface area contributed by atoms with Gasteiger partial charge in [-0.2, -0.15) is 0 Å². The molecule has 0 radical (unpaired) electrons. The number of nitrogen functional groups attached to an aromatic ring is 1. The Kier molecular flexibility index (Phi) is 4.28. The fourth-order valence-electron chi connectivity index (χ4n) is 3.10. The second-order valence-electron chi connectivity index (χ2n) is 6.08. The minimum atomic E-state index is 0.731. The zero-order chi connectivity index (χ0) is 13.1. The summed E-state index contributed by atoms with van der Waals surface area (Å²) in [4.78, 5) is 2.60. The lowest BCUT2D eigenvalue weighted by atomic mass is 9.86. The lowest BCUT2D eigenvalue weighted by molar-refractivity contribution is 0.192. The molecule has 2 rings (SSSR count). The van der Waals surface area contributed by atoms with Gasteiger partial charge in [0.05, 0.1) is 0 Å². The number of nitrogens with two attached hydrogens (primary N) is 1. The fraction of sp³-hybridized carbons (Fsp3) is 0.625. The van der Waals surface area contributed by atoms with Gasteiger partial charge in [-0.15, -0.1) is 0 Å². The van der Waals surface area contributed by atoms with E-state index in [0.717, 1.165) is 17.5 Å². The van der Waals surface area contributed by atoms with Gasteiger partial charge < -0.3 is 10.6 Å². The van der Waals surface area contributed by atoms with Crippen LogP contribution >= 0.6 is 0 Å². The summed E-state index contributed by atoms with van der Waals surface area (Å²) in [5.74, 6) is 1.51. The third kappa shape index (κ3) is 3.26. The largest absolute Gasteiger partial charge is 0.399 e. The van der Waals surface area contributed by atoms with Gasteiger partial charge in [0.25, 0.3) is 0 Å². The summed E-state index contributed by atoms with van der Waals surface area (Å²) in [5, 5.41) is 0. The highest BCUT2D eigenvalue weighted by Crippen LogP contribution is 2.31. The molecule has 0 unspecified atom stereocenters. The first kappa shape index (κ1) is 13.4. The summed E-state index contributed by atoms with van der Waals surface area (Å²) < 4.78 is 0. The first-order valence-electron chi connectivity index (χ1n) is 7.14. The topological polar surface area (TPSA) is 29.3 Å². The SMILES string of the molecule is Cc1cc(N)ccc1C1CCN(CC(C)C)CC1. The number of anilines is 1. The van der Waals surface area contributed by atoms with Crippen LogP contribution in [0.3, 0.4) is 0 Å². The summed E-state index contributed by atoms with van der Waals surface area (Å²) in [6.07, 6.45) is 2.58. The van der Waals surface area contributed by atoms with Crippen molar-refractivity contribution in [3.05, 3.63) is 29.3 Å². The number of piperidine rings is 1. The number of hydrogen-bond acceptors (Lipinski definition) is 2. The van der Waals surface area contributed by atoms with E-state index in [1.807, 2.05) is 6.07 Å². The van der Waals surface area contributed by atoms with Crippen LogP contribution in [-0.2, 0) is 0 Å². The van der Waals surface area contributed by atoms with Gasteiger partial charge in [-0.3, -0.25) is 0 Å². The molecule has 0 aliphatic carbocycles. The molecule has 2 nitrogen and oxygen atoms in total. The van der Waals surface area contributed by atoms with Crippen molar-refractivity contribution in [2.75, 3.05) is 25.4 Å². The second kappa shape index (κ2) is 5.75. The summed E-state index contributed by atoms with van der Waals surface area (Å²) >= 11 is 0. The summed E-state index contributed by atoms with van der Waals surface area (Å²) in [6, 6.07) is 6.38. The Bertz CT molecular complexity index is 390. The maximum absolute atomic E-state index is 5.83. The van der Waals surface area contributed by atoms with Crippen LogP contribution in [0, 0.1) is 12.8 Å². The highest BCUT2D eigenvalue weighted by atomic mass is 15.1. The molecule has 18 heavy (non-hydrogen) atoms. The Balaban J connectivity index is 1.97. The highest BCUT2D eigenvalue weighted by Gasteiger charge is 2.21. The van der Waals surface area contributed by atoms with Gasteiger partial charge in [0.2, 0.25) is 0 Å². The van der Waals surface area contributed by atoms with E-state index in [2.05, 4.69) is 37.8 Å². The third-order valence-electron chi connectivity index (χ3n) is 3.94. The van der Waals surface area contributed by atoms with Crippen molar-refractivity contribution in [3.8, 4) is 0 Å². The molecule has 100 valence electrons. The molecule has 1 aromatic rings. The van der Waals surface area contributed by atoms with Gasteiger partial charge in [-0.1, -0.05) is 19.9 Å². The molecule has 1 aliphatic rings. The molecule has 0 aromatic heterocycles. The van der Waals surface area contributed by atoms with Crippen LogP contribution in [0.1, 0.15) is 43.7 Å². The quantitative estimate of drug-likeness (QED) is 0.828. The van der Waals surface area contributed by atoms with Crippen molar-refractivity contribution >= 4 is 5.69 Å². The second-order valence-corrected chi connectivity index (χ2v) is 6.08. The molecule has 0 bridgehead atoms. The van der Waals surface area contributed by atoms with Crippen molar-refractivity contribution in [3.63, 3.8) is 0 Å². The third-order valence-corrected chi connectivity index (χ3v) is 3.94. The van der Waals surface area contributed by atoms with Gasteiger partial charge >= 0.3 is 0 Å². The van der Waals surface area contributed by atoms with E-state index in [9.17, 15) is 0 Å². The monoisotopic (exact) mass is 246 g/mol. The molecule has 1 aromatic carbocycles. The molecule has 1 heterocycles. The number of likely N-dealkylation sites (tertiary alicyclic amines) is 1. The molecule has 1 saturated heterocycles. The Hall–Kier alpha value is -1.02. The first-order chi connectivity index (χ1) is 8.56. The van der Waals surface area contributed by atoms with Crippen molar-refractivity contribution in [2.45, 2.75) is 39.5 Å². The average Bonchev–Trinajstić information content (AvgIpc) is 2.30. The molecule has 0 atom stereocenters. The summed E-state index contributed by atoms with van der Waals surface area (Å²) in [5.41, 5.74) is 9.57. The molecule has 0 spiro atoms. The number of nitrogens with zero attached hydrogens (tertiary/aromatic N) is 1. The zero-order valence-electron chi connectivity index (χ0n) is 11.9. The van der Waals surface area contributed by atoms with E-state index in [-0.39, 0.29) is 0 Å². The Morgan fingerprint density at radius 1 is 1.28 bits per heavy atom. The van der Waals surface area contributed by atoms with E-state index in [1.165, 1.54) is 43.6 Å². The van der Waals surface area contributed by atoms with E-state index in [0.29, 0.717) is 0 Å². The molecular weight excluding hydrogens is 220 g/mol. The normalized spacial score (nSPS) is 18.4. The van der Waals surface area contributed by atoms with Crippen LogP contribution in [0.25, 0.3) is 0 Å². The molecule has 2 N–H and O–H groups in total. The maximum Gasteiger partial charge on any atom is 0.0316 e. The van der Waals surface area contributed by atoms with Crippen LogP contribution < -0.4 is 5.73 Å². The van der Waals surface area contributed by atoms with Crippen LogP contribution in [0.15, 0.2) is 18.2 Å². The summed E-state index contributed by atoms with van der Waals surface area (Å²) in [6.45, 7) is 10.5. The zero-order valence-corrected chi connectivity index (χ0v) is 11.9. The average molecular weight is 246 g/mol. The van der Waals surface area contributed by atoms with Gasteiger partial charge in [-0.25, -0.2) is 0 Å². The van der Waals surface area contributed by atoms with E-state index < -0.39 is 0 Å². The highest BCUT2D eigenvalue weighted by molar-refractivity contribution is 5.45. The summed E-state index contributed by atoms with van der Waals surface area (Å²) in [7, 11) is 0. The number of benzene rings is 1.